The second kappa shape index (κ2) is 6.13. The third-order valence-electron chi connectivity index (χ3n) is 6.12. The minimum atomic E-state index is 0.0763. The molecule has 0 radical (unpaired) electrons. The van der Waals surface area contributed by atoms with Crippen LogP contribution >= 0.6 is 12.2 Å². The number of nitrogens with two attached hydrogens (primary N) is 1. The fraction of sp³-hybridized carbons (Fsp3) is 0.941. The Morgan fingerprint density at radius 2 is 1.81 bits per heavy atom. The minimum Gasteiger partial charge on any atom is -0.393 e. The van der Waals surface area contributed by atoms with Gasteiger partial charge in [-0.3, -0.25) is 0 Å². The first kappa shape index (κ1) is 15.7. The number of nitrogens with zero attached hydrogens (tertiary/aromatic N) is 1. The van der Waals surface area contributed by atoms with Gasteiger partial charge in [0, 0.05) is 12.0 Å². The van der Waals surface area contributed by atoms with Crippen molar-refractivity contribution in [2.75, 3.05) is 19.6 Å². The zero-order chi connectivity index (χ0) is 14.9. The van der Waals surface area contributed by atoms with Gasteiger partial charge < -0.3 is 15.4 Å². The Bertz CT molecular complexity index is 384. The summed E-state index contributed by atoms with van der Waals surface area (Å²) >= 11 is 5.23. The van der Waals surface area contributed by atoms with Crippen molar-refractivity contribution in [2.24, 2.45) is 11.1 Å². The van der Waals surface area contributed by atoms with Gasteiger partial charge in [0.05, 0.1) is 16.7 Å². The summed E-state index contributed by atoms with van der Waals surface area (Å²) in [6, 6.07) is 0. The van der Waals surface area contributed by atoms with Crippen molar-refractivity contribution in [2.45, 2.75) is 76.4 Å². The molecule has 1 unspecified atom stereocenters. The molecule has 3 nitrogen and oxygen atoms in total. The van der Waals surface area contributed by atoms with Crippen molar-refractivity contribution in [3.63, 3.8) is 0 Å². The molecule has 3 rings (SSSR count). The fourth-order valence-electron chi connectivity index (χ4n) is 4.35. The van der Waals surface area contributed by atoms with Crippen molar-refractivity contribution >= 4 is 17.2 Å². The summed E-state index contributed by atoms with van der Waals surface area (Å²) in [5.74, 6) is 0. The average molecular weight is 311 g/mol. The number of hydrogen-bond donors (Lipinski definition) is 1. The summed E-state index contributed by atoms with van der Waals surface area (Å²) in [6.07, 6.45) is 11.9. The van der Waals surface area contributed by atoms with Gasteiger partial charge in [0.1, 0.15) is 0 Å². The van der Waals surface area contributed by atoms with Gasteiger partial charge in [0.15, 0.2) is 0 Å². The maximum Gasteiger partial charge on any atom is 0.0788 e. The Morgan fingerprint density at radius 3 is 2.43 bits per heavy atom. The molecule has 2 heterocycles. The van der Waals surface area contributed by atoms with E-state index in [0.29, 0.717) is 11.1 Å². The van der Waals surface area contributed by atoms with Crippen LogP contribution in [0.2, 0.25) is 0 Å². The first-order valence-corrected chi connectivity index (χ1v) is 9.12. The lowest BCUT2D eigenvalue weighted by molar-refractivity contribution is -0.0740. The molecule has 2 aliphatic heterocycles. The summed E-state index contributed by atoms with van der Waals surface area (Å²) in [5.41, 5.74) is 6.22. The maximum absolute atomic E-state index is 6.50. The summed E-state index contributed by atoms with van der Waals surface area (Å²) in [6.45, 7) is 5.55. The van der Waals surface area contributed by atoms with E-state index >= 15 is 0 Å². The van der Waals surface area contributed by atoms with Gasteiger partial charge in [0.2, 0.25) is 0 Å². The summed E-state index contributed by atoms with van der Waals surface area (Å²) in [4.78, 5) is 3.26. The fourth-order valence-corrected chi connectivity index (χ4v) is 4.56. The topological polar surface area (TPSA) is 38.5 Å². The van der Waals surface area contributed by atoms with Crippen LogP contribution in [0.5, 0.6) is 0 Å². The molecular weight excluding hydrogens is 280 g/mol. The van der Waals surface area contributed by atoms with E-state index in [1.165, 1.54) is 44.9 Å². The van der Waals surface area contributed by atoms with Crippen LogP contribution in [0.3, 0.4) is 0 Å². The van der Waals surface area contributed by atoms with Gasteiger partial charge in [-0.1, -0.05) is 38.4 Å². The highest BCUT2D eigenvalue weighted by atomic mass is 32.1. The average Bonchev–Trinajstić information content (AvgIpc) is 2.85. The van der Waals surface area contributed by atoms with Gasteiger partial charge in [-0.05, 0) is 51.6 Å². The number of piperidine rings is 1. The molecule has 0 bridgehead atoms. The second-order valence-corrected chi connectivity index (χ2v) is 8.19. The lowest BCUT2D eigenvalue weighted by atomic mass is 9.80. The Balaban J connectivity index is 1.47. The molecule has 2 saturated heterocycles. The zero-order valence-electron chi connectivity index (χ0n) is 13.4. The van der Waals surface area contributed by atoms with E-state index in [1.54, 1.807) is 0 Å². The van der Waals surface area contributed by atoms with Crippen LogP contribution in [0.4, 0.5) is 0 Å². The predicted molar refractivity (Wildman–Crippen MR) is 90.5 cm³/mol. The first-order chi connectivity index (χ1) is 10.0. The van der Waals surface area contributed by atoms with E-state index < -0.39 is 0 Å². The van der Waals surface area contributed by atoms with Crippen molar-refractivity contribution < 1.29 is 4.74 Å². The van der Waals surface area contributed by atoms with Gasteiger partial charge >= 0.3 is 0 Å². The summed E-state index contributed by atoms with van der Waals surface area (Å²) < 4.78 is 6.50. The molecule has 0 amide bonds. The largest absolute Gasteiger partial charge is 0.393 e. The molecule has 120 valence electrons. The Hall–Kier alpha value is -0.190. The quantitative estimate of drug-likeness (QED) is 0.812. The molecule has 0 aromatic carbocycles. The molecule has 4 heteroatoms. The number of hydrogen-bond acceptors (Lipinski definition) is 3. The van der Waals surface area contributed by atoms with E-state index in [2.05, 4.69) is 11.8 Å². The Labute approximate surface area is 134 Å². The molecule has 2 N–H and O–H groups in total. The van der Waals surface area contributed by atoms with Crippen molar-refractivity contribution in [1.82, 2.24) is 4.90 Å². The highest BCUT2D eigenvalue weighted by molar-refractivity contribution is 7.80. The summed E-state index contributed by atoms with van der Waals surface area (Å²) in [7, 11) is 0. The minimum absolute atomic E-state index is 0.0763. The van der Waals surface area contributed by atoms with E-state index in [9.17, 15) is 0 Å². The van der Waals surface area contributed by atoms with Gasteiger partial charge in [-0.2, -0.15) is 0 Å². The number of likely N-dealkylation sites (tertiary alicyclic amines) is 1. The van der Waals surface area contributed by atoms with E-state index in [0.717, 1.165) is 32.5 Å². The lowest BCUT2D eigenvalue weighted by Crippen LogP contribution is -2.47. The van der Waals surface area contributed by atoms with Crippen LogP contribution in [0.15, 0.2) is 0 Å². The molecule has 3 fully saturated rings. The smallest absolute Gasteiger partial charge is 0.0788 e. The monoisotopic (exact) mass is 310 g/mol. The van der Waals surface area contributed by atoms with Gasteiger partial charge in [0.25, 0.3) is 0 Å². The van der Waals surface area contributed by atoms with Crippen LogP contribution in [-0.2, 0) is 4.74 Å². The van der Waals surface area contributed by atoms with Crippen LogP contribution in [0, 0.1) is 5.41 Å². The highest BCUT2D eigenvalue weighted by Gasteiger charge is 2.42. The third-order valence-corrected chi connectivity index (χ3v) is 6.61. The molecule has 1 saturated carbocycles. The van der Waals surface area contributed by atoms with Crippen molar-refractivity contribution in [3.05, 3.63) is 0 Å². The van der Waals surface area contributed by atoms with Crippen LogP contribution in [0.1, 0.15) is 64.7 Å². The Kier molecular flexibility index (Phi) is 4.58. The van der Waals surface area contributed by atoms with Crippen molar-refractivity contribution in [1.29, 1.82) is 0 Å². The zero-order valence-corrected chi connectivity index (χ0v) is 14.2. The summed E-state index contributed by atoms with van der Waals surface area (Å²) in [5, 5.41) is 0. The van der Waals surface area contributed by atoms with E-state index in [-0.39, 0.29) is 11.0 Å². The Morgan fingerprint density at radius 1 is 1.14 bits per heavy atom. The molecule has 0 aromatic rings. The number of ether oxygens (including phenoxy) is 1. The van der Waals surface area contributed by atoms with Gasteiger partial charge in [-0.15, -0.1) is 0 Å². The number of rotatable bonds is 3. The highest BCUT2D eigenvalue weighted by Crippen LogP contribution is 2.42. The molecule has 0 aromatic heterocycles. The maximum atomic E-state index is 6.50. The van der Waals surface area contributed by atoms with Crippen LogP contribution in [-0.4, -0.2) is 41.2 Å². The predicted octanol–water partition coefficient (Wildman–Crippen LogP) is 3.26. The molecular formula is C17H30N2OS. The van der Waals surface area contributed by atoms with Crippen LogP contribution in [0.25, 0.3) is 0 Å². The molecule has 1 spiro atoms. The standard InChI is InChI=1S/C17H30N2OS/c1-16(15(18)21)9-11-19(12-10-16)13-14-5-8-17(20-14)6-3-2-4-7-17/h14H,2-13H2,1H3,(H2,18,21). The van der Waals surface area contributed by atoms with Gasteiger partial charge in [-0.25, -0.2) is 0 Å². The SMILES string of the molecule is CC1(C(N)=S)CCN(CC2CCC3(CCCCC3)O2)CC1. The third kappa shape index (κ3) is 3.43. The van der Waals surface area contributed by atoms with E-state index in [1.807, 2.05) is 0 Å². The normalized spacial score (nSPS) is 32.3. The number of thiocarbonyl (C=S) groups is 1. The van der Waals surface area contributed by atoms with Crippen molar-refractivity contribution in [3.8, 4) is 0 Å². The first-order valence-electron chi connectivity index (χ1n) is 8.72. The van der Waals surface area contributed by atoms with E-state index in [4.69, 9.17) is 22.7 Å². The lowest BCUT2D eigenvalue weighted by Gasteiger charge is -2.40. The molecule has 1 atom stereocenters. The molecule has 3 aliphatic rings. The van der Waals surface area contributed by atoms with Crippen LogP contribution < -0.4 is 5.73 Å². The molecule has 21 heavy (non-hydrogen) atoms. The molecule has 1 aliphatic carbocycles. The second-order valence-electron chi connectivity index (χ2n) is 7.75.